The number of rotatable bonds is 8. The predicted octanol–water partition coefficient (Wildman–Crippen LogP) is 3.85. The van der Waals surface area contributed by atoms with Gasteiger partial charge in [0, 0.05) is 6.54 Å². The average Bonchev–Trinajstić information content (AvgIpc) is 2.62. The van der Waals surface area contributed by atoms with Gasteiger partial charge in [-0.1, -0.05) is 36.9 Å². The molecule has 0 radical (unpaired) electrons. The number of anilines is 1. The zero-order valence-corrected chi connectivity index (χ0v) is 14.5. The van der Waals surface area contributed by atoms with Crippen molar-refractivity contribution < 1.29 is 13.9 Å². The number of carbonyl (C=O) groups is 1. The normalized spacial score (nSPS) is 11.8. The molecule has 0 spiro atoms. The van der Waals surface area contributed by atoms with E-state index in [0.29, 0.717) is 13.2 Å². The first-order chi connectivity index (χ1) is 12.0. The van der Waals surface area contributed by atoms with Crippen LogP contribution < -0.4 is 10.1 Å². The van der Waals surface area contributed by atoms with Crippen LogP contribution in [0.4, 0.5) is 10.1 Å². The molecule has 5 heteroatoms. The van der Waals surface area contributed by atoms with Gasteiger partial charge < -0.3 is 10.1 Å². The Kier molecular flexibility index (Phi) is 6.71. The van der Waals surface area contributed by atoms with Crippen LogP contribution in [-0.2, 0) is 11.3 Å². The Bertz CT molecular complexity index is 716. The number of hydrogen-bond donors (Lipinski definition) is 1. The van der Waals surface area contributed by atoms with E-state index >= 15 is 0 Å². The highest BCUT2D eigenvalue weighted by molar-refractivity contribution is 5.94. The molecule has 0 saturated carbocycles. The van der Waals surface area contributed by atoms with Crippen LogP contribution in [0.2, 0.25) is 0 Å². The fourth-order valence-corrected chi connectivity index (χ4v) is 2.27. The Balaban J connectivity index is 1.92. The van der Waals surface area contributed by atoms with E-state index < -0.39 is 11.9 Å². The summed E-state index contributed by atoms with van der Waals surface area (Å²) in [7, 11) is 1.85. The Hall–Kier alpha value is -2.66. The van der Waals surface area contributed by atoms with Crippen molar-refractivity contribution in [1.29, 1.82) is 0 Å². The lowest BCUT2D eigenvalue weighted by Gasteiger charge is -2.24. The molecule has 0 aliphatic rings. The van der Waals surface area contributed by atoms with Gasteiger partial charge in [0.05, 0.1) is 11.7 Å². The van der Waals surface area contributed by atoms with Crippen LogP contribution in [0.15, 0.2) is 61.2 Å². The Morgan fingerprint density at radius 3 is 2.60 bits per heavy atom. The van der Waals surface area contributed by atoms with Gasteiger partial charge in [0.2, 0.25) is 5.91 Å². The van der Waals surface area contributed by atoms with Crippen LogP contribution in [0.3, 0.4) is 0 Å². The fourth-order valence-electron chi connectivity index (χ4n) is 2.27. The zero-order chi connectivity index (χ0) is 18.2. The quantitative estimate of drug-likeness (QED) is 0.741. The topological polar surface area (TPSA) is 41.6 Å². The van der Waals surface area contributed by atoms with Crippen LogP contribution in [0, 0.1) is 5.82 Å². The van der Waals surface area contributed by atoms with Gasteiger partial charge in [-0.3, -0.25) is 9.69 Å². The van der Waals surface area contributed by atoms with Gasteiger partial charge in [-0.2, -0.15) is 0 Å². The van der Waals surface area contributed by atoms with Crippen LogP contribution in [0.1, 0.15) is 12.5 Å². The lowest BCUT2D eigenvalue weighted by molar-refractivity contribution is -0.120. The van der Waals surface area contributed by atoms with Crippen molar-refractivity contribution in [3.8, 4) is 5.75 Å². The maximum Gasteiger partial charge on any atom is 0.241 e. The monoisotopic (exact) mass is 342 g/mol. The first-order valence-corrected chi connectivity index (χ1v) is 8.09. The van der Waals surface area contributed by atoms with E-state index in [0.717, 1.165) is 11.3 Å². The summed E-state index contributed by atoms with van der Waals surface area (Å²) >= 11 is 0. The summed E-state index contributed by atoms with van der Waals surface area (Å²) in [4.78, 5) is 14.2. The molecule has 2 rings (SSSR count). The molecule has 0 aliphatic carbocycles. The molecule has 0 fully saturated rings. The van der Waals surface area contributed by atoms with E-state index in [-0.39, 0.29) is 11.6 Å². The minimum atomic E-state index is -0.444. The summed E-state index contributed by atoms with van der Waals surface area (Å²) in [6.45, 7) is 6.46. The molecule has 25 heavy (non-hydrogen) atoms. The van der Waals surface area contributed by atoms with Gasteiger partial charge >= 0.3 is 0 Å². The standard InChI is InChI=1S/C20H23FN2O2/c1-4-13-25-17-11-9-16(10-12-17)14-23(3)15(2)20(24)22-19-8-6-5-7-18(19)21/h4-12,15H,1,13-14H2,2-3H3,(H,22,24)/t15-/m1/s1. The third kappa shape index (κ3) is 5.43. The number of halogens is 1. The smallest absolute Gasteiger partial charge is 0.241 e. The molecule has 2 aromatic carbocycles. The number of ether oxygens (including phenoxy) is 1. The lowest BCUT2D eigenvalue weighted by Crippen LogP contribution is -2.39. The van der Waals surface area contributed by atoms with Crippen molar-refractivity contribution in [1.82, 2.24) is 4.90 Å². The Morgan fingerprint density at radius 2 is 1.96 bits per heavy atom. The Labute approximate surface area is 147 Å². The van der Waals surface area contributed by atoms with E-state index in [1.165, 1.54) is 6.07 Å². The van der Waals surface area contributed by atoms with Crippen molar-refractivity contribution in [3.63, 3.8) is 0 Å². The minimum Gasteiger partial charge on any atom is -0.490 e. The molecule has 0 aliphatic heterocycles. The molecule has 132 valence electrons. The van der Waals surface area contributed by atoms with E-state index in [9.17, 15) is 9.18 Å². The fraction of sp³-hybridized carbons (Fsp3) is 0.250. The zero-order valence-electron chi connectivity index (χ0n) is 14.5. The van der Waals surface area contributed by atoms with Crippen molar-refractivity contribution >= 4 is 11.6 Å². The Morgan fingerprint density at radius 1 is 1.28 bits per heavy atom. The van der Waals surface area contributed by atoms with Crippen molar-refractivity contribution in [3.05, 3.63) is 72.6 Å². The summed E-state index contributed by atoms with van der Waals surface area (Å²) in [6.07, 6.45) is 1.69. The molecule has 1 amide bonds. The van der Waals surface area contributed by atoms with Crippen LogP contribution in [0.5, 0.6) is 5.75 Å². The number of hydrogen-bond acceptors (Lipinski definition) is 3. The molecule has 0 saturated heterocycles. The molecule has 0 bridgehead atoms. The molecule has 0 aromatic heterocycles. The summed E-state index contributed by atoms with van der Waals surface area (Å²) < 4.78 is 19.1. The first-order valence-electron chi connectivity index (χ1n) is 8.09. The molecule has 4 nitrogen and oxygen atoms in total. The van der Waals surface area contributed by atoms with Gasteiger partial charge in [-0.15, -0.1) is 0 Å². The molecular weight excluding hydrogens is 319 g/mol. The largest absolute Gasteiger partial charge is 0.490 e. The van der Waals surface area contributed by atoms with Gasteiger partial charge in [-0.05, 0) is 43.8 Å². The minimum absolute atomic E-state index is 0.191. The second-order valence-electron chi connectivity index (χ2n) is 5.80. The van der Waals surface area contributed by atoms with Gasteiger partial charge in [-0.25, -0.2) is 4.39 Å². The van der Waals surface area contributed by atoms with Crippen LogP contribution in [0.25, 0.3) is 0 Å². The van der Waals surface area contributed by atoms with Crippen LogP contribution >= 0.6 is 0 Å². The second-order valence-corrected chi connectivity index (χ2v) is 5.80. The summed E-state index contributed by atoms with van der Waals surface area (Å²) in [5.41, 5.74) is 1.25. The predicted molar refractivity (Wildman–Crippen MR) is 98.1 cm³/mol. The van der Waals surface area contributed by atoms with E-state index in [1.807, 2.05) is 36.2 Å². The van der Waals surface area contributed by atoms with Crippen molar-refractivity contribution in [2.24, 2.45) is 0 Å². The number of carbonyl (C=O) groups excluding carboxylic acids is 1. The molecule has 1 N–H and O–H groups in total. The number of likely N-dealkylation sites (N-methyl/N-ethyl adjacent to an activating group) is 1. The SMILES string of the molecule is C=CCOc1ccc(CN(C)[C@H](C)C(=O)Nc2ccccc2F)cc1. The number of benzene rings is 2. The molecule has 1 atom stereocenters. The molecular formula is C20H23FN2O2. The number of nitrogens with zero attached hydrogens (tertiary/aromatic N) is 1. The third-order valence-corrected chi connectivity index (χ3v) is 3.90. The van der Waals surface area contributed by atoms with Gasteiger partial charge in [0.1, 0.15) is 18.2 Å². The lowest BCUT2D eigenvalue weighted by atomic mass is 10.1. The van der Waals surface area contributed by atoms with E-state index in [2.05, 4.69) is 11.9 Å². The number of amides is 1. The number of nitrogens with one attached hydrogen (secondary N) is 1. The van der Waals surface area contributed by atoms with Gasteiger partial charge in [0.15, 0.2) is 0 Å². The van der Waals surface area contributed by atoms with E-state index in [1.54, 1.807) is 31.2 Å². The van der Waals surface area contributed by atoms with Crippen molar-refractivity contribution in [2.75, 3.05) is 19.0 Å². The molecule has 2 aromatic rings. The van der Waals surface area contributed by atoms with Crippen LogP contribution in [-0.4, -0.2) is 30.5 Å². The second kappa shape index (κ2) is 8.99. The summed E-state index contributed by atoms with van der Waals surface area (Å²) in [5, 5.41) is 2.62. The van der Waals surface area contributed by atoms with E-state index in [4.69, 9.17) is 4.74 Å². The maximum absolute atomic E-state index is 13.6. The number of para-hydroxylation sites is 1. The summed E-state index contributed by atoms with van der Waals surface area (Å²) in [6, 6.07) is 13.4. The molecule has 0 heterocycles. The van der Waals surface area contributed by atoms with Crippen molar-refractivity contribution in [2.45, 2.75) is 19.5 Å². The first kappa shape index (κ1) is 18.7. The average molecular weight is 342 g/mol. The summed E-state index contributed by atoms with van der Waals surface area (Å²) in [5.74, 6) is 0.0796. The highest BCUT2D eigenvalue weighted by Crippen LogP contribution is 2.16. The highest BCUT2D eigenvalue weighted by atomic mass is 19.1. The third-order valence-electron chi connectivity index (χ3n) is 3.90. The maximum atomic E-state index is 13.6. The highest BCUT2D eigenvalue weighted by Gasteiger charge is 2.19. The molecule has 0 unspecified atom stereocenters. The van der Waals surface area contributed by atoms with Gasteiger partial charge in [0.25, 0.3) is 0 Å².